The Morgan fingerprint density at radius 3 is 3.00 bits per heavy atom. The zero-order valence-electron chi connectivity index (χ0n) is 14.6. The van der Waals surface area contributed by atoms with Crippen molar-refractivity contribution in [2.45, 2.75) is 44.6 Å². The van der Waals surface area contributed by atoms with Crippen LogP contribution < -0.4 is 5.32 Å². The smallest absolute Gasteiger partial charge is 0.234 e. The molecule has 0 bridgehead atoms. The summed E-state index contributed by atoms with van der Waals surface area (Å²) < 4.78 is 5.35. The van der Waals surface area contributed by atoms with Crippen LogP contribution in [0.25, 0.3) is 0 Å². The van der Waals surface area contributed by atoms with Gasteiger partial charge in [0.05, 0.1) is 6.54 Å². The fraction of sp³-hybridized carbons (Fsp3) is 0.556. The number of hydrogen-bond donors (Lipinski definition) is 1. The number of aromatic nitrogens is 3. The number of carbonyl (C=O) groups excluding carboxylic acids is 1. The van der Waals surface area contributed by atoms with E-state index >= 15 is 0 Å². The highest BCUT2D eigenvalue weighted by Gasteiger charge is 2.22. The van der Waals surface area contributed by atoms with Crippen molar-refractivity contribution < 1.29 is 9.32 Å². The van der Waals surface area contributed by atoms with Crippen molar-refractivity contribution in [1.82, 2.24) is 25.3 Å². The van der Waals surface area contributed by atoms with Crippen LogP contribution in [0.1, 0.15) is 48.9 Å². The van der Waals surface area contributed by atoms with E-state index in [1.807, 2.05) is 30.3 Å². The van der Waals surface area contributed by atoms with Gasteiger partial charge in [-0.3, -0.25) is 14.7 Å². The van der Waals surface area contributed by atoms with Crippen molar-refractivity contribution in [1.29, 1.82) is 0 Å². The number of pyridine rings is 1. The lowest BCUT2D eigenvalue weighted by Crippen LogP contribution is -2.35. The van der Waals surface area contributed by atoms with E-state index in [1.54, 1.807) is 6.20 Å². The third kappa shape index (κ3) is 5.35. The van der Waals surface area contributed by atoms with Crippen molar-refractivity contribution >= 4 is 5.91 Å². The van der Waals surface area contributed by atoms with Gasteiger partial charge in [0.15, 0.2) is 5.82 Å². The summed E-state index contributed by atoms with van der Waals surface area (Å²) in [5, 5.41) is 6.93. The van der Waals surface area contributed by atoms with Crippen LogP contribution in [0.15, 0.2) is 29.0 Å². The molecule has 1 saturated carbocycles. The molecule has 25 heavy (non-hydrogen) atoms. The second-order valence-electron chi connectivity index (χ2n) is 6.66. The monoisotopic (exact) mass is 343 g/mol. The van der Waals surface area contributed by atoms with E-state index in [1.165, 1.54) is 12.8 Å². The maximum atomic E-state index is 12.0. The molecule has 0 spiro atoms. The summed E-state index contributed by atoms with van der Waals surface area (Å²) in [6.45, 7) is 1.55. The van der Waals surface area contributed by atoms with Crippen LogP contribution in [0.5, 0.6) is 0 Å². The molecule has 0 radical (unpaired) electrons. The zero-order chi connectivity index (χ0) is 17.5. The van der Waals surface area contributed by atoms with Crippen molar-refractivity contribution in [3.63, 3.8) is 0 Å². The van der Waals surface area contributed by atoms with E-state index in [4.69, 9.17) is 4.52 Å². The summed E-state index contributed by atoms with van der Waals surface area (Å²) >= 11 is 0. The maximum Gasteiger partial charge on any atom is 0.234 e. The van der Waals surface area contributed by atoms with Gasteiger partial charge in [-0.25, -0.2) is 0 Å². The highest BCUT2D eigenvalue weighted by molar-refractivity contribution is 5.77. The number of nitrogens with zero attached hydrogens (tertiary/aromatic N) is 4. The molecule has 2 aromatic heterocycles. The number of nitrogens with one attached hydrogen (secondary N) is 1. The first kappa shape index (κ1) is 17.5. The molecule has 0 aromatic carbocycles. The van der Waals surface area contributed by atoms with Gasteiger partial charge in [-0.2, -0.15) is 4.98 Å². The van der Waals surface area contributed by atoms with Gasteiger partial charge >= 0.3 is 0 Å². The highest BCUT2D eigenvalue weighted by Crippen LogP contribution is 2.32. The number of hydrogen-bond acceptors (Lipinski definition) is 6. The molecule has 2 heterocycles. The Bertz CT molecular complexity index is 667. The van der Waals surface area contributed by atoms with E-state index in [-0.39, 0.29) is 5.91 Å². The van der Waals surface area contributed by atoms with Crippen molar-refractivity contribution in [3.05, 3.63) is 41.8 Å². The Kier molecular flexibility index (Phi) is 6.11. The first-order valence-electron chi connectivity index (χ1n) is 8.87. The van der Waals surface area contributed by atoms with Gasteiger partial charge in [-0.05, 0) is 31.5 Å². The molecule has 2 aromatic rings. The van der Waals surface area contributed by atoms with Gasteiger partial charge in [-0.15, -0.1) is 0 Å². The number of rotatable bonds is 8. The van der Waals surface area contributed by atoms with Crippen molar-refractivity contribution in [2.24, 2.45) is 0 Å². The average molecular weight is 343 g/mol. The fourth-order valence-electron chi connectivity index (χ4n) is 3.18. The second-order valence-corrected chi connectivity index (χ2v) is 6.66. The average Bonchev–Trinajstić information content (AvgIpc) is 3.27. The minimum Gasteiger partial charge on any atom is -0.355 e. The minimum atomic E-state index is -0.00842. The van der Waals surface area contributed by atoms with E-state index in [0.717, 1.165) is 24.3 Å². The molecule has 1 aliphatic carbocycles. The molecule has 0 atom stereocenters. The fourth-order valence-corrected chi connectivity index (χ4v) is 3.18. The van der Waals surface area contributed by atoms with Gasteiger partial charge < -0.3 is 9.84 Å². The predicted molar refractivity (Wildman–Crippen MR) is 92.8 cm³/mol. The molecule has 0 saturated heterocycles. The third-order valence-electron chi connectivity index (χ3n) is 4.45. The molecule has 7 nitrogen and oxygen atoms in total. The molecule has 0 aliphatic heterocycles. The molecular weight excluding hydrogens is 318 g/mol. The Morgan fingerprint density at radius 2 is 2.24 bits per heavy atom. The van der Waals surface area contributed by atoms with E-state index in [9.17, 15) is 4.79 Å². The third-order valence-corrected chi connectivity index (χ3v) is 4.45. The SMILES string of the molecule is CN(CC(=O)NCCc1noc(C2CCCC2)n1)Cc1cccnc1. The van der Waals surface area contributed by atoms with Gasteiger partial charge in [0, 0.05) is 37.8 Å². The molecule has 1 N–H and O–H groups in total. The van der Waals surface area contributed by atoms with Crippen LogP contribution in [0.3, 0.4) is 0 Å². The first-order chi connectivity index (χ1) is 12.2. The summed E-state index contributed by atoms with van der Waals surface area (Å²) in [4.78, 5) is 22.5. The Morgan fingerprint density at radius 1 is 1.40 bits per heavy atom. The lowest BCUT2D eigenvalue weighted by molar-refractivity contribution is -0.122. The van der Waals surface area contributed by atoms with E-state index < -0.39 is 0 Å². The highest BCUT2D eigenvalue weighted by atomic mass is 16.5. The van der Waals surface area contributed by atoms with Gasteiger partial charge in [0.2, 0.25) is 11.8 Å². The van der Waals surface area contributed by atoms with Crippen molar-refractivity contribution in [2.75, 3.05) is 20.1 Å². The van der Waals surface area contributed by atoms with Gasteiger partial charge in [0.1, 0.15) is 0 Å². The number of amides is 1. The van der Waals surface area contributed by atoms with Gasteiger partial charge in [0.25, 0.3) is 0 Å². The van der Waals surface area contributed by atoms with Crippen LogP contribution in [0.2, 0.25) is 0 Å². The summed E-state index contributed by atoms with van der Waals surface area (Å²) in [5.41, 5.74) is 1.09. The molecule has 3 rings (SSSR count). The standard InChI is InChI=1S/C18H25N5O2/c1-23(12-14-5-4-9-19-11-14)13-17(24)20-10-8-16-21-18(25-22-16)15-6-2-3-7-15/h4-5,9,11,15H,2-3,6-8,10,12-13H2,1H3,(H,20,24). The van der Waals surface area contributed by atoms with Gasteiger partial charge in [-0.1, -0.05) is 24.1 Å². The van der Waals surface area contributed by atoms with Crippen LogP contribution >= 0.6 is 0 Å². The molecule has 1 aliphatic rings. The summed E-state index contributed by atoms with van der Waals surface area (Å²) in [6, 6.07) is 3.90. The normalized spacial score (nSPS) is 15.0. The number of carbonyl (C=O) groups is 1. The molecule has 0 unspecified atom stereocenters. The topological polar surface area (TPSA) is 84.2 Å². The molecule has 1 amide bonds. The van der Waals surface area contributed by atoms with Crippen LogP contribution in [-0.2, 0) is 17.8 Å². The Hall–Kier alpha value is -2.28. The summed E-state index contributed by atoms with van der Waals surface area (Å²) in [5.74, 6) is 1.85. The first-order valence-corrected chi connectivity index (χ1v) is 8.87. The minimum absolute atomic E-state index is 0.00842. The predicted octanol–water partition coefficient (Wildman–Crippen LogP) is 1.91. The summed E-state index contributed by atoms with van der Waals surface area (Å²) in [6.07, 6.45) is 8.91. The van der Waals surface area contributed by atoms with Crippen LogP contribution in [0, 0.1) is 0 Å². The molecule has 1 fully saturated rings. The second kappa shape index (κ2) is 8.71. The van der Waals surface area contributed by atoms with Crippen LogP contribution in [-0.4, -0.2) is 46.1 Å². The Labute approximate surface area is 147 Å². The quantitative estimate of drug-likeness (QED) is 0.788. The lowest BCUT2D eigenvalue weighted by Gasteiger charge is -2.15. The largest absolute Gasteiger partial charge is 0.355 e. The molecule has 7 heteroatoms. The molecular formula is C18H25N5O2. The van der Waals surface area contributed by atoms with Crippen molar-refractivity contribution in [3.8, 4) is 0 Å². The maximum absolute atomic E-state index is 12.0. The lowest BCUT2D eigenvalue weighted by atomic mass is 10.1. The molecule has 134 valence electrons. The zero-order valence-corrected chi connectivity index (χ0v) is 14.6. The van der Waals surface area contributed by atoms with E-state index in [0.29, 0.717) is 37.8 Å². The van der Waals surface area contributed by atoms with Crippen LogP contribution in [0.4, 0.5) is 0 Å². The Balaban J connectivity index is 1.36. The number of likely N-dealkylation sites (N-methyl/N-ethyl adjacent to an activating group) is 1. The van der Waals surface area contributed by atoms with E-state index in [2.05, 4.69) is 20.4 Å². The summed E-state index contributed by atoms with van der Waals surface area (Å²) in [7, 11) is 1.92.